The van der Waals surface area contributed by atoms with Crippen molar-refractivity contribution in [2.45, 2.75) is 39.8 Å². The van der Waals surface area contributed by atoms with Gasteiger partial charge in [-0.05, 0) is 44.7 Å². The summed E-state index contributed by atoms with van der Waals surface area (Å²) in [5, 5.41) is 9.61. The summed E-state index contributed by atoms with van der Waals surface area (Å²) in [7, 11) is 0. The van der Waals surface area contributed by atoms with Crippen LogP contribution in [0.2, 0.25) is 4.34 Å². The smallest absolute Gasteiger partial charge is 0.138 e. The predicted octanol–water partition coefficient (Wildman–Crippen LogP) is 4.42. The summed E-state index contributed by atoms with van der Waals surface area (Å²) in [6, 6.07) is 2.45. The molecule has 0 saturated carbocycles. The maximum atomic E-state index is 5.96. The highest BCUT2D eigenvalue weighted by Gasteiger charge is 2.18. The number of aromatic nitrogens is 1. The van der Waals surface area contributed by atoms with E-state index < -0.39 is 0 Å². The lowest BCUT2D eigenvalue weighted by Crippen LogP contribution is -2.22. The van der Waals surface area contributed by atoms with Gasteiger partial charge in [-0.1, -0.05) is 16.8 Å². The van der Waals surface area contributed by atoms with Gasteiger partial charge in [-0.25, -0.2) is 0 Å². The van der Waals surface area contributed by atoms with Gasteiger partial charge in [-0.2, -0.15) is 0 Å². The third-order valence-electron chi connectivity index (χ3n) is 3.11. The monoisotopic (exact) mass is 284 g/mol. The molecule has 0 aliphatic carbocycles. The third kappa shape index (κ3) is 2.76. The normalized spacial score (nSPS) is 14.7. The van der Waals surface area contributed by atoms with E-state index in [0.29, 0.717) is 0 Å². The Balaban J connectivity index is 2.10. The predicted molar refractivity (Wildman–Crippen MR) is 75.3 cm³/mol. The van der Waals surface area contributed by atoms with E-state index in [-0.39, 0.29) is 12.1 Å². The van der Waals surface area contributed by atoms with Crippen molar-refractivity contribution < 1.29 is 4.52 Å². The van der Waals surface area contributed by atoms with Crippen LogP contribution in [-0.4, -0.2) is 5.16 Å². The molecule has 2 aromatic rings. The highest BCUT2D eigenvalue weighted by molar-refractivity contribution is 7.14. The molecule has 0 bridgehead atoms. The van der Waals surface area contributed by atoms with E-state index in [1.54, 1.807) is 11.3 Å². The zero-order valence-corrected chi connectivity index (χ0v) is 12.5. The minimum Gasteiger partial charge on any atom is -0.361 e. The van der Waals surface area contributed by atoms with Gasteiger partial charge in [0.2, 0.25) is 0 Å². The minimum atomic E-state index is 0.199. The molecule has 0 aromatic carbocycles. The molecule has 1 N–H and O–H groups in total. The Morgan fingerprint density at radius 1 is 1.33 bits per heavy atom. The summed E-state index contributed by atoms with van der Waals surface area (Å²) in [6.07, 6.45) is 0. The summed E-state index contributed by atoms with van der Waals surface area (Å²) < 4.78 is 6.02. The molecule has 0 aliphatic heterocycles. The van der Waals surface area contributed by atoms with Gasteiger partial charge in [0, 0.05) is 17.6 Å². The second-order valence-corrected chi connectivity index (χ2v) is 6.07. The maximum Gasteiger partial charge on any atom is 0.138 e. The van der Waals surface area contributed by atoms with Gasteiger partial charge in [0.15, 0.2) is 0 Å². The largest absolute Gasteiger partial charge is 0.361 e. The molecule has 2 aromatic heterocycles. The highest BCUT2D eigenvalue weighted by atomic mass is 35.5. The lowest BCUT2D eigenvalue weighted by atomic mass is 10.0. The van der Waals surface area contributed by atoms with Crippen LogP contribution in [0.5, 0.6) is 0 Å². The Labute approximate surface area is 116 Å². The van der Waals surface area contributed by atoms with E-state index in [4.69, 9.17) is 16.1 Å². The quantitative estimate of drug-likeness (QED) is 0.903. The van der Waals surface area contributed by atoms with Gasteiger partial charge in [-0.3, -0.25) is 0 Å². The van der Waals surface area contributed by atoms with Crippen LogP contribution in [0.15, 0.2) is 16.0 Å². The van der Waals surface area contributed by atoms with Crippen molar-refractivity contribution in [1.82, 2.24) is 10.5 Å². The summed E-state index contributed by atoms with van der Waals surface area (Å²) in [4.78, 5) is 0. The van der Waals surface area contributed by atoms with E-state index in [1.807, 2.05) is 19.9 Å². The van der Waals surface area contributed by atoms with Crippen LogP contribution in [0.4, 0.5) is 0 Å². The van der Waals surface area contributed by atoms with Gasteiger partial charge < -0.3 is 9.84 Å². The number of nitrogens with zero attached hydrogens (tertiary/aromatic N) is 1. The Morgan fingerprint density at radius 2 is 2.06 bits per heavy atom. The molecule has 5 heteroatoms. The molecular weight excluding hydrogens is 268 g/mol. The van der Waals surface area contributed by atoms with Crippen molar-refractivity contribution in [2.24, 2.45) is 0 Å². The first-order chi connectivity index (χ1) is 8.49. The fraction of sp³-hybridized carbons (Fsp3) is 0.462. The van der Waals surface area contributed by atoms with Crippen LogP contribution in [0.25, 0.3) is 0 Å². The zero-order valence-electron chi connectivity index (χ0n) is 11.0. The Morgan fingerprint density at radius 3 is 2.56 bits per heavy atom. The number of halogens is 1. The van der Waals surface area contributed by atoms with Gasteiger partial charge in [0.25, 0.3) is 0 Å². The molecule has 3 nitrogen and oxygen atoms in total. The van der Waals surface area contributed by atoms with E-state index in [9.17, 15) is 0 Å². The van der Waals surface area contributed by atoms with Crippen LogP contribution in [0.1, 0.15) is 48.5 Å². The van der Waals surface area contributed by atoms with Crippen molar-refractivity contribution in [3.05, 3.63) is 38.4 Å². The first-order valence-corrected chi connectivity index (χ1v) is 7.17. The summed E-state index contributed by atoms with van der Waals surface area (Å²) >= 11 is 7.51. The molecule has 2 rings (SSSR count). The number of hydrogen-bond donors (Lipinski definition) is 1. The molecule has 0 aliphatic rings. The van der Waals surface area contributed by atoms with E-state index in [1.165, 1.54) is 5.56 Å². The molecule has 0 saturated heterocycles. The number of nitrogens with one attached hydrogen (secondary N) is 1. The van der Waals surface area contributed by atoms with Crippen molar-refractivity contribution in [3.8, 4) is 0 Å². The van der Waals surface area contributed by atoms with Crippen molar-refractivity contribution >= 4 is 22.9 Å². The summed E-state index contributed by atoms with van der Waals surface area (Å²) in [5.74, 6) is 0.878. The Kier molecular flexibility index (Phi) is 4.10. The number of rotatable bonds is 4. The fourth-order valence-electron chi connectivity index (χ4n) is 2.21. The lowest BCUT2D eigenvalue weighted by molar-refractivity contribution is 0.389. The molecule has 2 heterocycles. The van der Waals surface area contributed by atoms with Crippen molar-refractivity contribution in [3.63, 3.8) is 0 Å². The highest BCUT2D eigenvalue weighted by Crippen LogP contribution is 2.28. The molecule has 98 valence electrons. The Bertz CT molecular complexity index is 515. The van der Waals surface area contributed by atoms with Crippen molar-refractivity contribution in [2.75, 3.05) is 0 Å². The second-order valence-electron chi connectivity index (χ2n) is 4.53. The van der Waals surface area contributed by atoms with Gasteiger partial charge in [0.1, 0.15) is 5.76 Å². The average molecular weight is 285 g/mol. The molecule has 2 atom stereocenters. The molecule has 2 unspecified atom stereocenters. The first-order valence-electron chi connectivity index (χ1n) is 5.91. The van der Waals surface area contributed by atoms with Gasteiger partial charge >= 0.3 is 0 Å². The Hall–Kier alpha value is -0.840. The average Bonchev–Trinajstić information content (AvgIpc) is 2.85. The number of aryl methyl sites for hydroxylation is 2. The standard InChI is InChI=1S/C13H17ClN2OS/c1-7(11-5-12(14)18-6-11)15-8(2)13-9(3)16-17-10(13)4/h5-8,15H,1-4H3. The molecule has 0 spiro atoms. The summed E-state index contributed by atoms with van der Waals surface area (Å²) in [5.41, 5.74) is 3.30. The topological polar surface area (TPSA) is 38.1 Å². The van der Waals surface area contributed by atoms with Crippen LogP contribution in [-0.2, 0) is 0 Å². The zero-order chi connectivity index (χ0) is 13.3. The van der Waals surface area contributed by atoms with Gasteiger partial charge in [0.05, 0.1) is 10.0 Å². The van der Waals surface area contributed by atoms with Gasteiger partial charge in [-0.15, -0.1) is 11.3 Å². The van der Waals surface area contributed by atoms with Crippen molar-refractivity contribution in [1.29, 1.82) is 0 Å². The van der Waals surface area contributed by atoms with E-state index in [2.05, 4.69) is 29.7 Å². The molecule has 0 radical (unpaired) electrons. The van der Waals surface area contributed by atoms with Crippen LogP contribution < -0.4 is 5.32 Å². The number of thiophene rings is 1. The molecular formula is C13H17ClN2OS. The lowest BCUT2D eigenvalue weighted by Gasteiger charge is -2.19. The maximum absolute atomic E-state index is 5.96. The van der Waals surface area contributed by atoms with E-state index >= 15 is 0 Å². The fourth-order valence-corrected chi connectivity index (χ4v) is 3.20. The molecule has 0 amide bonds. The minimum absolute atomic E-state index is 0.199. The molecule has 0 fully saturated rings. The van der Waals surface area contributed by atoms with E-state index in [0.717, 1.165) is 21.4 Å². The molecule has 18 heavy (non-hydrogen) atoms. The third-order valence-corrected chi connectivity index (χ3v) is 4.22. The van der Waals surface area contributed by atoms with Crippen LogP contribution in [0, 0.1) is 13.8 Å². The van der Waals surface area contributed by atoms with Crippen LogP contribution in [0.3, 0.4) is 0 Å². The summed E-state index contributed by atoms with van der Waals surface area (Å²) in [6.45, 7) is 8.17. The van der Waals surface area contributed by atoms with Crippen LogP contribution >= 0.6 is 22.9 Å². The SMILES string of the molecule is Cc1noc(C)c1C(C)NC(C)c1csc(Cl)c1. The second kappa shape index (κ2) is 5.43. The first kappa shape index (κ1) is 13.6. The number of hydrogen-bond acceptors (Lipinski definition) is 4.